The van der Waals surface area contributed by atoms with Crippen LogP contribution in [0.5, 0.6) is 5.75 Å². The minimum absolute atomic E-state index is 0.119. The van der Waals surface area contributed by atoms with Crippen LogP contribution in [0.25, 0.3) is 16.6 Å². The molecule has 2 heterocycles. The number of methoxy groups -OCH3 is 1. The summed E-state index contributed by atoms with van der Waals surface area (Å²) in [5, 5.41) is 1.17. The molecule has 1 aromatic carbocycles. The molecule has 0 saturated carbocycles. The molecule has 0 aliphatic heterocycles. The van der Waals surface area contributed by atoms with Crippen LogP contribution in [0, 0.1) is 0 Å². The first-order valence-corrected chi connectivity index (χ1v) is 8.97. The second kappa shape index (κ2) is 8.52. The Morgan fingerprint density at radius 3 is 2.85 bits per heavy atom. The fraction of sp³-hybridized carbons (Fsp3) is 0.333. The van der Waals surface area contributed by atoms with Crippen LogP contribution in [0.1, 0.15) is 31.7 Å². The topological polar surface area (TPSA) is 53.4 Å². The van der Waals surface area contributed by atoms with E-state index in [-0.39, 0.29) is 5.97 Å². The zero-order chi connectivity index (χ0) is 18.4. The Labute approximate surface area is 153 Å². The molecule has 0 amide bonds. The van der Waals surface area contributed by atoms with Gasteiger partial charge >= 0.3 is 5.97 Å². The molecular weight excluding hydrogens is 328 g/mol. The van der Waals surface area contributed by atoms with E-state index in [1.165, 1.54) is 10.9 Å². The third kappa shape index (κ3) is 4.04. The molecule has 5 nitrogen and oxygen atoms in total. The number of rotatable bonds is 8. The summed E-state index contributed by atoms with van der Waals surface area (Å²) in [6.07, 6.45) is 8.91. The molecule has 0 unspecified atom stereocenters. The van der Waals surface area contributed by atoms with E-state index in [9.17, 15) is 4.79 Å². The number of hydrogen-bond donors (Lipinski definition) is 0. The van der Waals surface area contributed by atoms with Crippen LogP contribution < -0.4 is 4.74 Å². The Morgan fingerprint density at radius 1 is 1.23 bits per heavy atom. The van der Waals surface area contributed by atoms with Crippen molar-refractivity contribution in [1.82, 2.24) is 9.55 Å². The van der Waals surface area contributed by atoms with E-state index in [2.05, 4.69) is 27.9 Å². The van der Waals surface area contributed by atoms with Gasteiger partial charge in [0.15, 0.2) is 0 Å². The van der Waals surface area contributed by atoms with Crippen LogP contribution in [0.15, 0.2) is 48.9 Å². The Hall–Kier alpha value is -2.82. The Bertz CT molecular complexity index is 872. The van der Waals surface area contributed by atoms with Crippen molar-refractivity contribution in [2.75, 3.05) is 13.7 Å². The molecule has 0 aliphatic rings. The maximum atomic E-state index is 11.5. The summed E-state index contributed by atoms with van der Waals surface area (Å²) in [6.45, 7) is 2.27. The van der Waals surface area contributed by atoms with Crippen molar-refractivity contribution >= 4 is 16.9 Å². The Balaban J connectivity index is 1.83. The number of carbonyl (C=O) groups is 1. The normalized spacial score (nSPS) is 10.8. The average molecular weight is 352 g/mol. The van der Waals surface area contributed by atoms with Crippen molar-refractivity contribution in [3.05, 3.63) is 54.5 Å². The maximum absolute atomic E-state index is 11.5. The van der Waals surface area contributed by atoms with Crippen LogP contribution in [0.3, 0.4) is 0 Å². The number of fused-ring (bicyclic) bond motifs is 1. The number of aryl methyl sites for hydroxylation is 1. The second-order valence-corrected chi connectivity index (χ2v) is 6.13. The van der Waals surface area contributed by atoms with Crippen molar-refractivity contribution in [2.24, 2.45) is 0 Å². The summed E-state index contributed by atoms with van der Waals surface area (Å²) in [5.41, 5.74) is 3.39. The first kappa shape index (κ1) is 18.0. The van der Waals surface area contributed by atoms with Gasteiger partial charge in [0.05, 0.1) is 31.1 Å². The molecule has 0 fully saturated rings. The molecule has 3 aromatic rings. The quantitative estimate of drug-likeness (QED) is 0.448. The van der Waals surface area contributed by atoms with Gasteiger partial charge in [-0.05, 0) is 62.1 Å². The van der Waals surface area contributed by atoms with Gasteiger partial charge < -0.3 is 14.0 Å². The maximum Gasteiger partial charge on any atom is 0.305 e. The largest absolute Gasteiger partial charge is 0.497 e. The minimum Gasteiger partial charge on any atom is -0.497 e. The monoisotopic (exact) mass is 352 g/mol. The molecule has 0 radical (unpaired) electrons. The van der Waals surface area contributed by atoms with Crippen molar-refractivity contribution in [3.63, 3.8) is 0 Å². The molecule has 0 spiro atoms. The predicted octanol–water partition coefficient (Wildman–Crippen LogP) is 4.31. The summed E-state index contributed by atoms with van der Waals surface area (Å²) >= 11 is 0. The highest BCUT2D eigenvalue weighted by Crippen LogP contribution is 2.29. The van der Waals surface area contributed by atoms with Crippen LogP contribution in [-0.2, 0) is 16.0 Å². The van der Waals surface area contributed by atoms with Gasteiger partial charge in [-0.2, -0.15) is 0 Å². The fourth-order valence-corrected chi connectivity index (χ4v) is 3.13. The number of nitrogens with zero attached hydrogens (tertiary/aromatic N) is 2. The van der Waals surface area contributed by atoms with E-state index in [4.69, 9.17) is 9.47 Å². The van der Waals surface area contributed by atoms with Crippen molar-refractivity contribution in [3.8, 4) is 11.4 Å². The summed E-state index contributed by atoms with van der Waals surface area (Å²) < 4.78 is 12.5. The smallest absolute Gasteiger partial charge is 0.305 e. The molecule has 0 aliphatic carbocycles. The first-order chi connectivity index (χ1) is 12.7. The number of esters is 1. The zero-order valence-corrected chi connectivity index (χ0v) is 15.3. The highest BCUT2D eigenvalue weighted by atomic mass is 16.5. The molecule has 136 valence electrons. The fourth-order valence-electron chi connectivity index (χ4n) is 3.13. The molecule has 3 rings (SSSR count). The van der Waals surface area contributed by atoms with Crippen LogP contribution in [0.4, 0.5) is 0 Å². The zero-order valence-electron chi connectivity index (χ0n) is 15.3. The van der Waals surface area contributed by atoms with E-state index >= 15 is 0 Å². The number of hydrogen-bond acceptors (Lipinski definition) is 4. The summed E-state index contributed by atoms with van der Waals surface area (Å²) in [7, 11) is 1.68. The molecule has 0 saturated heterocycles. The number of carbonyl (C=O) groups excluding carboxylic acids is 1. The van der Waals surface area contributed by atoms with Gasteiger partial charge in [0.2, 0.25) is 0 Å². The second-order valence-electron chi connectivity index (χ2n) is 6.13. The van der Waals surface area contributed by atoms with Gasteiger partial charge in [0.25, 0.3) is 0 Å². The summed E-state index contributed by atoms with van der Waals surface area (Å²) in [5.74, 6) is 0.723. The first-order valence-electron chi connectivity index (χ1n) is 8.97. The van der Waals surface area contributed by atoms with Gasteiger partial charge in [-0.15, -0.1) is 0 Å². The van der Waals surface area contributed by atoms with E-state index in [0.717, 1.165) is 36.2 Å². The third-order valence-corrected chi connectivity index (χ3v) is 4.40. The van der Waals surface area contributed by atoms with Crippen molar-refractivity contribution in [2.45, 2.75) is 32.6 Å². The number of unbranched alkanes of at least 4 members (excludes halogenated alkanes) is 1. The Kier molecular flexibility index (Phi) is 5.89. The SMILES string of the molecule is CCOC(=O)CCCCc1cn(-c2cccnc2)c2ccc(OC)cc12. The van der Waals surface area contributed by atoms with Gasteiger partial charge in [0.1, 0.15) is 5.75 Å². The van der Waals surface area contributed by atoms with Gasteiger partial charge in [-0.25, -0.2) is 0 Å². The summed E-state index contributed by atoms with van der Waals surface area (Å²) in [6, 6.07) is 10.1. The van der Waals surface area contributed by atoms with Crippen molar-refractivity contribution < 1.29 is 14.3 Å². The minimum atomic E-state index is -0.119. The van der Waals surface area contributed by atoms with Crippen LogP contribution in [0.2, 0.25) is 0 Å². The van der Waals surface area contributed by atoms with E-state index in [0.29, 0.717) is 13.0 Å². The van der Waals surface area contributed by atoms with E-state index in [1.807, 2.05) is 31.3 Å². The summed E-state index contributed by atoms with van der Waals surface area (Å²) in [4.78, 5) is 15.7. The molecule has 26 heavy (non-hydrogen) atoms. The highest BCUT2D eigenvalue weighted by Gasteiger charge is 2.11. The standard InChI is InChI=1S/C21H24N2O3/c1-3-26-21(24)9-5-4-7-16-15-23(17-8-6-12-22-14-17)20-11-10-18(25-2)13-19(16)20/h6,8,10-15H,3-5,7,9H2,1-2H3. The molecule has 0 bridgehead atoms. The van der Waals surface area contributed by atoms with E-state index in [1.54, 1.807) is 13.3 Å². The Morgan fingerprint density at radius 2 is 2.12 bits per heavy atom. The average Bonchev–Trinajstić information content (AvgIpc) is 3.04. The van der Waals surface area contributed by atoms with Gasteiger partial charge in [-0.3, -0.25) is 9.78 Å². The number of ether oxygens (including phenoxy) is 2. The molecule has 2 aromatic heterocycles. The lowest BCUT2D eigenvalue weighted by Crippen LogP contribution is -2.03. The van der Waals surface area contributed by atoms with E-state index < -0.39 is 0 Å². The molecule has 5 heteroatoms. The number of pyridine rings is 1. The number of benzene rings is 1. The van der Waals surface area contributed by atoms with Crippen LogP contribution in [-0.4, -0.2) is 29.2 Å². The highest BCUT2D eigenvalue weighted by molar-refractivity contribution is 5.87. The predicted molar refractivity (Wildman–Crippen MR) is 102 cm³/mol. The molecule has 0 N–H and O–H groups in total. The lowest BCUT2D eigenvalue weighted by molar-refractivity contribution is -0.143. The lowest BCUT2D eigenvalue weighted by atomic mass is 10.1. The van der Waals surface area contributed by atoms with Crippen LogP contribution >= 0.6 is 0 Å². The number of aromatic nitrogens is 2. The lowest BCUT2D eigenvalue weighted by Gasteiger charge is -2.05. The third-order valence-electron chi connectivity index (χ3n) is 4.40. The van der Waals surface area contributed by atoms with Gasteiger partial charge in [0, 0.05) is 24.2 Å². The molecule has 0 atom stereocenters. The van der Waals surface area contributed by atoms with Gasteiger partial charge in [-0.1, -0.05) is 0 Å². The van der Waals surface area contributed by atoms with Crippen molar-refractivity contribution in [1.29, 1.82) is 0 Å². The molecular formula is C21H24N2O3.